The standard InChI is InChI=1S/C29H33NO4Si/c1-5-32-28(31)26-25(34-27(30-26)22-15-9-6-10-16-22)21-33-35(29(2,3)4,23-17-11-7-12-18-23)24-19-13-8-14-20-24/h6-20,25-26H,5,21H2,1-4H3/t25-,26-/m0/s1. The maximum Gasteiger partial charge on any atom is 0.335 e. The molecule has 1 heterocycles. The Morgan fingerprint density at radius 2 is 1.40 bits per heavy atom. The van der Waals surface area contributed by atoms with Crippen molar-refractivity contribution >= 4 is 30.6 Å². The van der Waals surface area contributed by atoms with Crippen molar-refractivity contribution in [2.24, 2.45) is 4.99 Å². The quantitative estimate of drug-likeness (QED) is 0.350. The SMILES string of the molecule is CCOC(=O)[C@H]1N=C(c2ccccc2)O[C@H]1CO[Si](c1ccccc1)(c1ccccc1)C(C)(C)C. The molecule has 0 aliphatic carbocycles. The molecular weight excluding hydrogens is 454 g/mol. The Kier molecular flexibility index (Phi) is 7.53. The minimum absolute atomic E-state index is 0.184. The minimum Gasteiger partial charge on any atom is -0.469 e. The van der Waals surface area contributed by atoms with E-state index in [0.29, 0.717) is 5.90 Å². The first-order valence-electron chi connectivity index (χ1n) is 12.1. The number of carbonyl (C=O) groups is 1. The number of rotatable bonds is 8. The summed E-state index contributed by atoms with van der Waals surface area (Å²) in [4.78, 5) is 17.5. The Hall–Kier alpha value is -3.22. The van der Waals surface area contributed by atoms with Gasteiger partial charge in [0.2, 0.25) is 5.90 Å². The molecular formula is C29H33NO4Si. The van der Waals surface area contributed by atoms with E-state index in [1.807, 2.05) is 42.5 Å². The summed E-state index contributed by atoms with van der Waals surface area (Å²) in [5.74, 6) is 0.0502. The van der Waals surface area contributed by atoms with Gasteiger partial charge >= 0.3 is 5.97 Å². The molecule has 0 bridgehead atoms. The molecule has 0 fully saturated rings. The van der Waals surface area contributed by atoms with Crippen LogP contribution in [0.15, 0.2) is 96.0 Å². The molecule has 182 valence electrons. The van der Waals surface area contributed by atoms with E-state index in [-0.39, 0.29) is 18.3 Å². The molecule has 4 rings (SSSR count). The van der Waals surface area contributed by atoms with Gasteiger partial charge in [-0.15, -0.1) is 0 Å². The molecule has 0 radical (unpaired) electrons. The van der Waals surface area contributed by atoms with Crippen LogP contribution >= 0.6 is 0 Å². The van der Waals surface area contributed by atoms with Gasteiger partial charge < -0.3 is 13.9 Å². The second-order valence-corrected chi connectivity index (χ2v) is 13.9. The third-order valence-corrected chi connectivity index (χ3v) is 11.3. The van der Waals surface area contributed by atoms with Crippen LogP contribution in [-0.2, 0) is 18.7 Å². The zero-order valence-electron chi connectivity index (χ0n) is 20.8. The smallest absolute Gasteiger partial charge is 0.335 e. The molecule has 3 aromatic carbocycles. The third kappa shape index (κ3) is 5.09. The first-order valence-corrected chi connectivity index (χ1v) is 14.0. The van der Waals surface area contributed by atoms with Crippen molar-refractivity contribution in [1.29, 1.82) is 0 Å². The molecule has 2 atom stereocenters. The van der Waals surface area contributed by atoms with E-state index >= 15 is 0 Å². The van der Waals surface area contributed by atoms with E-state index in [0.717, 1.165) is 5.56 Å². The average Bonchev–Trinajstić information content (AvgIpc) is 3.30. The van der Waals surface area contributed by atoms with Gasteiger partial charge in [-0.25, -0.2) is 9.79 Å². The Morgan fingerprint density at radius 1 is 0.886 bits per heavy atom. The van der Waals surface area contributed by atoms with Crippen LogP contribution in [0.1, 0.15) is 33.3 Å². The normalized spacial score (nSPS) is 18.0. The van der Waals surface area contributed by atoms with Gasteiger partial charge in [-0.05, 0) is 34.5 Å². The minimum atomic E-state index is -2.78. The molecule has 0 saturated heterocycles. The lowest BCUT2D eigenvalue weighted by atomic mass is 10.2. The zero-order chi connectivity index (χ0) is 24.9. The highest BCUT2D eigenvalue weighted by molar-refractivity contribution is 6.99. The molecule has 0 aromatic heterocycles. The fourth-order valence-corrected chi connectivity index (χ4v) is 9.27. The molecule has 0 amide bonds. The van der Waals surface area contributed by atoms with Gasteiger partial charge in [0.15, 0.2) is 12.1 Å². The monoisotopic (exact) mass is 487 g/mol. The van der Waals surface area contributed by atoms with Gasteiger partial charge in [-0.3, -0.25) is 0 Å². The van der Waals surface area contributed by atoms with Gasteiger partial charge in [0.05, 0.1) is 13.2 Å². The van der Waals surface area contributed by atoms with Crippen LogP contribution in [0.25, 0.3) is 0 Å². The lowest BCUT2D eigenvalue weighted by Gasteiger charge is -2.43. The molecule has 35 heavy (non-hydrogen) atoms. The van der Waals surface area contributed by atoms with Crippen LogP contribution in [0.3, 0.4) is 0 Å². The van der Waals surface area contributed by atoms with E-state index < -0.39 is 26.4 Å². The molecule has 0 N–H and O–H groups in total. The van der Waals surface area contributed by atoms with Gasteiger partial charge in [-0.2, -0.15) is 0 Å². The van der Waals surface area contributed by atoms with Crippen molar-refractivity contribution in [2.75, 3.05) is 13.2 Å². The predicted molar refractivity (Wildman–Crippen MR) is 142 cm³/mol. The van der Waals surface area contributed by atoms with Crippen LogP contribution in [0.4, 0.5) is 0 Å². The van der Waals surface area contributed by atoms with Gasteiger partial charge in [0.25, 0.3) is 8.32 Å². The van der Waals surface area contributed by atoms with Crippen LogP contribution in [-0.4, -0.2) is 45.5 Å². The van der Waals surface area contributed by atoms with Crippen LogP contribution < -0.4 is 10.4 Å². The molecule has 1 aliphatic rings. The summed E-state index contributed by atoms with van der Waals surface area (Å²) >= 11 is 0. The first kappa shape index (κ1) is 24.9. The third-order valence-electron chi connectivity index (χ3n) is 6.30. The number of carbonyl (C=O) groups excluding carboxylic acids is 1. The van der Waals surface area contributed by atoms with Crippen molar-refractivity contribution in [3.8, 4) is 0 Å². The number of esters is 1. The number of aliphatic imine (C=N–C) groups is 1. The van der Waals surface area contributed by atoms with Crippen molar-refractivity contribution in [3.05, 3.63) is 96.6 Å². The molecule has 0 spiro atoms. The number of nitrogens with zero attached hydrogens (tertiary/aromatic N) is 1. The summed E-state index contributed by atoms with van der Waals surface area (Å²) in [6, 6.07) is 29.7. The summed E-state index contributed by atoms with van der Waals surface area (Å²) in [6.07, 6.45) is -0.578. The lowest BCUT2D eigenvalue weighted by molar-refractivity contribution is -0.146. The Morgan fingerprint density at radius 3 is 1.89 bits per heavy atom. The number of hydrogen-bond acceptors (Lipinski definition) is 5. The molecule has 0 unspecified atom stereocenters. The Bertz CT molecular complexity index is 1100. The van der Waals surface area contributed by atoms with Crippen molar-refractivity contribution in [2.45, 2.75) is 44.9 Å². The van der Waals surface area contributed by atoms with Crippen LogP contribution in [0.5, 0.6) is 0 Å². The van der Waals surface area contributed by atoms with E-state index in [9.17, 15) is 4.79 Å². The molecule has 0 saturated carbocycles. The lowest BCUT2D eigenvalue weighted by Crippen LogP contribution is -2.67. The second-order valence-electron chi connectivity index (χ2n) is 9.63. The van der Waals surface area contributed by atoms with Crippen molar-refractivity contribution < 1.29 is 18.7 Å². The Labute approximate surface area is 208 Å². The summed E-state index contributed by atoms with van der Waals surface area (Å²) < 4.78 is 18.6. The Balaban J connectivity index is 1.70. The van der Waals surface area contributed by atoms with Crippen LogP contribution in [0.2, 0.25) is 5.04 Å². The maximum atomic E-state index is 12.8. The fourth-order valence-electron chi connectivity index (χ4n) is 4.70. The van der Waals surface area contributed by atoms with E-state index in [1.165, 1.54) is 10.4 Å². The fraction of sp³-hybridized carbons (Fsp3) is 0.310. The highest BCUT2D eigenvalue weighted by Crippen LogP contribution is 2.37. The maximum absolute atomic E-state index is 12.8. The van der Waals surface area contributed by atoms with Crippen LogP contribution in [0, 0.1) is 0 Å². The highest BCUT2D eigenvalue weighted by Gasteiger charge is 2.51. The largest absolute Gasteiger partial charge is 0.469 e. The van der Waals surface area contributed by atoms with Gasteiger partial charge in [0, 0.05) is 5.56 Å². The highest BCUT2D eigenvalue weighted by atomic mass is 28.4. The summed E-state index contributed by atoms with van der Waals surface area (Å²) in [5.41, 5.74) is 0.828. The van der Waals surface area contributed by atoms with Crippen molar-refractivity contribution in [3.63, 3.8) is 0 Å². The summed E-state index contributed by atoms with van der Waals surface area (Å²) in [7, 11) is -2.78. The van der Waals surface area contributed by atoms with E-state index in [4.69, 9.17) is 13.9 Å². The topological polar surface area (TPSA) is 57.1 Å². The summed E-state index contributed by atoms with van der Waals surface area (Å²) in [5, 5.41) is 2.17. The van der Waals surface area contributed by atoms with Gasteiger partial charge in [-0.1, -0.05) is 99.6 Å². The number of benzene rings is 3. The molecule has 6 heteroatoms. The van der Waals surface area contributed by atoms with E-state index in [1.54, 1.807) is 6.92 Å². The summed E-state index contributed by atoms with van der Waals surface area (Å²) in [6.45, 7) is 8.98. The van der Waals surface area contributed by atoms with E-state index in [2.05, 4.69) is 74.3 Å². The van der Waals surface area contributed by atoms with Gasteiger partial charge in [0.1, 0.15) is 0 Å². The first-order chi connectivity index (χ1) is 16.9. The molecule has 3 aromatic rings. The van der Waals surface area contributed by atoms with Crippen molar-refractivity contribution in [1.82, 2.24) is 0 Å². The molecule has 5 nitrogen and oxygen atoms in total. The number of hydrogen-bond donors (Lipinski definition) is 0. The molecule has 1 aliphatic heterocycles. The predicted octanol–water partition coefficient (Wildman–Crippen LogP) is 4.34. The average molecular weight is 488 g/mol. The number of ether oxygens (including phenoxy) is 2. The zero-order valence-corrected chi connectivity index (χ0v) is 21.8. The second kappa shape index (κ2) is 10.6.